The molecule has 6 heteroatoms. The standard InChI is InChI=1S/C17H24O6/c1-9-5-3-4-6-11(9)7-12-16(13(18)19,14(20)21)10(2)8-15-17(12,22-15)23-15/h9-12H,3-8H2,1-2H3,(H,18,19)(H,20,21). The van der Waals surface area contributed by atoms with Gasteiger partial charge in [0.2, 0.25) is 11.6 Å². The van der Waals surface area contributed by atoms with Crippen LogP contribution in [-0.4, -0.2) is 33.7 Å². The molecule has 128 valence electrons. The van der Waals surface area contributed by atoms with Gasteiger partial charge in [0, 0.05) is 12.3 Å². The van der Waals surface area contributed by atoms with Gasteiger partial charge in [-0.3, -0.25) is 9.59 Å². The van der Waals surface area contributed by atoms with Gasteiger partial charge >= 0.3 is 11.9 Å². The fraction of sp³-hybridized carbons (Fsp3) is 0.882. The summed E-state index contributed by atoms with van der Waals surface area (Å²) in [5.74, 6) is -4.41. The Kier molecular flexibility index (Phi) is 3.00. The number of rotatable bonds is 4. The molecular formula is C17H24O6. The number of hydrogen-bond donors (Lipinski definition) is 2. The van der Waals surface area contributed by atoms with Crippen LogP contribution in [0, 0.1) is 29.1 Å². The normalized spacial score (nSPS) is 49.7. The second-order valence-electron chi connectivity index (χ2n) is 8.02. The van der Waals surface area contributed by atoms with Gasteiger partial charge in [0.25, 0.3) is 0 Å². The van der Waals surface area contributed by atoms with E-state index in [1.54, 1.807) is 6.92 Å². The second kappa shape index (κ2) is 4.48. The topological polar surface area (TPSA) is 99.7 Å². The minimum Gasteiger partial charge on any atom is -0.480 e. The van der Waals surface area contributed by atoms with E-state index in [9.17, 15) is 19.8 Å². The average molecular weight is 324 g/mol. The first-order valence-corrected chi connectivity index (χ1v) is 8.67. The highest BCUT2D eigenvalue weighted by molar-refractivity contribution is 5.99. The van der Waals surface area contributed by atoms with Crippen molar-refractivity contribution in [1.29, 1.82) is 0 Å². The molecule has 2 aliphatic heterocycles. The van der Waals surface area contributed by atoms with E-state index < -0.39 is 40.8 Å². The van der Waals surface area contributed by atoms with Crippen LogP contribution in [0.3, 0.4) is 0 Å². The molecule has 0 spiro atoms. The first-order chi connectivity index (χ1) is 10.8. The van der Waals surface area contributed by atoms with E-state index >= 15 is 0 Å². The molecule has 0 radical (unpaired) electrons. The molecule has 2 aliphatic carbocycles. The summed E-state index contributed by atoms with van der Waals surface area (Å²) in [5.41, 5.74) is -1.81. The summed E-state index contributed by atoms with van der Waals surface area (Å²) in [7, 11) is 0. The van der Waals surface area contributed by atoms with E-state index in [2.05, 4.69) is 6.92 Å². The van der Waals surface area contributed by atoms with Crippen molar-refractivity contribution in [3.63, 3.8) is 0 Å². The van der Waals surface area contributed by atoms with Crippen molar-refractivity contribution in [1.82, 2.24) is 0 Å². The first-order valence-electron chi connectivity index (χ1n) is 8.67. The molecular weight excluding hydrogens is 300 g/mol. The molecule has 23 heavy (non-hydrogen) atoms. The van der Waals surface area contributed by atoms with Crippen molar-refractivity contribution >= 4 is 11.9 Å². The summed E-state index contributed by atoms with van der Waals surface area (Å²) in [6.07, 6.45) is 5.40. The Morgan fingerprint density at radius 2 is 1.70 bits per heavy atom. The first kappa shape index (κ1) is 15.4. The molecule has 0 aromatic carbocycles. The van der Waals surface area contributed by atoms with Crippen LogP contribution in [0.15, 0.2) is 0 Å². The molecule has 0 aromatic rings. The summed E-state index contributed by atoms with van der Waals surface area (Å²) >= 11 is 0. The summed E-state index contributed by atoms with van der Waals surface area (Å²) in [4.78, 5) is 24.2. The van der Waals surface area contributed by atoms with Crippen LogP contribution >= 0.6 is 0 Å². The van der Waals surface area contributed by atoms with Crippen LogP contribution in [0.4, 0.5) is 0 Å². The van der Waals surface area contributed by atoms with Gasteiger partial charge in [-0.2, -0.15) is 0 Å². The Hall–Kier alpha value is -1.14. The fourth-order valence-corrected chi connectivity index (χ4v) is 5.49. The smallest absolute Gasteiger partial charge is 0.321 e. The van der Waals surface area contributed by atoms with Crippen molar-refractivity contribution in [2.24, 2.45) is 29.1 Å². The van der Waals surface area contributed by atoms with Gasteiger partial charge < -0.3 is 19.7 Å². The van der Waals surface area contributed by atoms with Gasteiger partial charge in [-0.1, -0.05) is 39.5 Å². The third kappa shape index (κ3) is 1.71. The Bertz CT molecular complexity index is 549. The highest BCUT2D eigenvalue weighted by atomic mass is 17.0. The highest BCUT2D eigenvalue weighted by Crippen LogP contribution is 2.81. The zero-order valence-corrected chi connectivity index (χ0v) is 13.6. The monoisotopic (exact) mass is 324 g/mol. The van der Waals surface area contributed by atoms with Crippen molar-refractivity contribution < 1.29 is 29.3 Å². The lowest BCUT2D eigenvalue weighted by atomic mass is 9.57. The maximum absolute atomic E-state index is 12.1. The molecule has 4 unspecified atom stereocenters. The van der Waals surface area contributed by atoms with Crippen LogP contribution in [0.2, 0.25) is 0 Å². The SMILES string of the molecule is CC1CCCCC1CC1C(C(=O)O)(C(=O)O)C(C)CC23OC12O3. The maximum Gasteiger partial charge on any atom is 0.321 e. The molecule has 4 rings (SSSR count). The zero-order valence-electron chi connectivity index (χ0n) is 13.6. The van der Waals surface area contributed by atoms with Gasteiger partial charge in [-0.05, 0) is 24.2 Å². The van der Waals surface area contributed by atoms with Crippen molar-refractivity contribution in [2.45, 2.75) is 63.9 Å². The van der Waals surface area contributed by atoms with Crippen molar-refractivity contribution in [3.05, 3.63) is 0 Å². The number of ether oxygens (including phenoxy) is 2. The number of epoxide rings is 2. The Balaban J connectivity index is 1.71. The molecule has 4 aliphatic rings. The van der Waals surface area contributed by atoms with Crippen LogP contribution < -0.4 is 0 Å². The van der Waals surface area contributed by atoms with Gasteiger partial charge in [0.05, 0.1) is 0 Å². The third-order valence-electron chi connectivity index (χ3n) is 6.98. The molecule has 4 atom stereocenters. The van der Waals surface area contributed by atoms with E-state index in [4.69, 9.17) is 9.47 Å². The minimum atomic E-state index is -1.81. The van der Waals surface area contributed by atoms with E-state index in [0.29, 0.717) is 24.7 Å². The lowest BCUT2D eigenvalue weighted by molar-refractivity contribution is -0.184. The van der Waals surface area contributed by atoms with Crippen molar-refractivity contribution in [3.8, 4) is 0 Å². The molecule has 2 N–H and O–H groups in total. The Labute approximate surface area is 135 Å². The summed E-state index contributed by atoms with van der Waals surface area (Å²) in [6, 6.07) is 0. The fourth-order valence-electron chi connectivity index (χ4n) is 5.49. The third-order valence-corrected chi connectivity index (χ3v) is 6.98. The predicted molar refractivity (Wildman–Crippen MR) is 78.3 cm³/mol. The molecule has 2 saturated heterocycles. The van der Waals surface area contributed by atoms with Gasteiger partial charge in [0.1, 0.15) is 0 Å². The number of carboxylic acids is 2. The summed E-state index contributed by atoms with van der Waals surface area (Å²) in [5, 5.41) is 19.7. The van der Waals surface area contributed by atoms with Gasteiger partial charge in [-0.15, -0.1) is 0 Å². The van der Waals surface area contributed by atoms with E-state index in [0.717, 1.165) is 19.3 Å². The lowest BCUT2D eigenvalue weighted by Crippen LogP contribution is -2.56. The molecule has 2 saturated carbocycles. The summed E-state index contributed by atoms with van der Waals surface area (Å²) < 4.78 is 11.4. The number of hydrogen-bond acceptors (Lipinski definition) is 4. The lowest BCUT2D eigenvalue weighted by Gasteiger charge is -2.41. The van der Waals surface area contributed by atoms with Crippen LogP contribution in [0.25, 0.3) is 0 Å². The maximum atomic E-state index is 12.1. The molecule has 0 amide bonds. The predicted octanol–water partition coefficient (Wildman–Crippen LogP) is 2.47. The highest BCUT2D eigenvalue weighted by Gasteiger charge is 2.98. The van der Waals surface area contributed by atoms with Gasteiger partial charge in [0.15, 0.2) is 5.41 Å². The van der Waals surface area contributed by atoms with Gasteiger partial charge in [-0.25, -0.2) is 0 Å². The largest absolute Gasteiger partial charge is 0.480 e. The number of aliphatic carboxylic acids is 2. The van der Waals surface area contributed by atoms with Crippen molar-refractivity contribution in [2.75, 3.05) is 0 Å². The Morgan fingerprint density at radius 3 is 2.26 bits per heavy atom. The Morgan fingerprint density at radius 1 is 1.09 bits per heavy atom. The summed E-state index contributed by atoms with van der Waals surface area (Å²) in [6.45, 7) is 3.90. The van der Waals surface area contributed by atoms with E-state index in [1.165, 1.54) is 6.42 Å². The average Bonchev–Trinajstić information content (AvgIpc) is 3.26. The molecule has 0 aromatic heterocycles. The van der Waals surface area contributed by atoms with E-state index in [-0.39, 0.29) is 0 Å². The second-order valence-corrected chi connectivity index (χ2v) is 8.02. The van der Waals surface area contributed by atoms with Crippen LogP contribution in [0.5, 0.6) is 0 Å². The van der Waals surface area contributed by atoms with Crippen LogP contribution in [0.1, 0.15) is 52.4 Å². The molecule has 6 nitrogen and oxygen atoms in total. The molecule has 2 heterocycles. The quantitative estimate of drug-likeness (QED) is 0.609. The van der Waals surface area contributed by atoms with E-state index in [1.807, 2.05) is 0 Å². The zero-order chi connectivity index (χ0) is 16.6. The molecule has 0 bridgehead atoms. The minimum absolute atomic E-state index is 0.345. The van der Waals surface area contributed by atoms with Crippen LogP contribution in [-0.2, 0) is 19.1 Å². The number of carboxylic acid groups (broad SMARTS) is 2. The number of carbonyl (C=O) groups is 2. The molecule has 4 fully saturated rings.